The maximum Gasteiger partial charge on any atom is 0.241 e. The summed E-state index contributed by atoms with van der Waals surface area (Å²) in [6.07, 6.45) is 1.99. The normalized spacial score (nSPS) is 11.2. The molecule has 2 aromatic carbocycles. The highest BCUT2D eigenvalue weighted by Crippen LogP contribution is 2.17. The van der Waals surface area contributed by atoms with Crippen LogP contribution in [0.25, 0.3) is 10.9 Å². The summed E-state index contributed by atoms with van der Waals surface area (Å²) in [5, 5.41) is 1.16. The highest BCUT2D eigenvalue weighted by Gasteiger charge is 2.15. The minimum atomic E-state index is -3.52. The lowest BCUT2D eigenvalue weighted by Crippen LogP contribution is -2.19. The third kappa shape index (κ3) is 3.21. The molecular formula is C19H18N2O2S. The van der Waals surface area contributed by atoms with Crippen LogP contribution < -0.4 is 4.72 Å². The van der Waals surface area contributed by atoms with Gasteiger partial charge in [0.25, 0.3) is 0 Å². The molecule has 3 aromatic rings. The van der Waals surface area contributed by atoms with Crippen LogP contribution in [0, 0.1) is 18.8 Å². The summed E-state index contributed by atoms with van der Waals surface area (Å²) < 4.78 is 28.6. The Morgan fingerprint density at radius 2 is 1.92 bits per heavy atom. The lowest BCUT2D eigenvalue weighted by atomic mass is 10.1. The third-order valence-electron chi connectivity index (χ3n) is 3.85. The second-order valence-electron chi connectivity index (χ2n) is 5.51. The van der Waals surface area contributed by atoms with Gasteiger partial charge in [-0.15, -0.1) is 0 Å². The van der Waals surface area contributed by atoms with E-state index in [1.54, 1.807) is 18.2 Å². The first-order valence-corrected chi connectivity index (χ1v) is 9.06. The molecule has 3 rings (SSSR count). The first kappa shape index (κ1) is 16.3. The molecule has 0 aliphatic carbocycles. The lowest BCUT2D eigenvalue weighted by molar-refractivity contribution is 0.588. The third-order valence-corrected chi connectivity index (χ3v) is 5.32. The number of para-hydroxylation sites is 1. The van der Waals surface area contributed by atoms with Crippen molar-refractivity contribution in [2.45, 2.75) is 18.4 Å². The fourth-order valence-corrected chi connectivity index (χ4v) is 3.45. The van der Waals surface area contributed by atoms with Crippen LogP contribution in [0.3, 0.4) is 0 Å². The van der Waals surface area contributed by atoms with Gasteiger partial charge in [-0.1, -0.05) is 36.1 Å². The second-order valence-corrected chi connectivity index (χ2v) is 7.37. The molecule has 0 spiro atoms. The van der Waals surface area contributed by atoms with Gasteiger partial charge >= 0.3 is 0 Å². The van der Waals surface area contributed by atoms with E-state index in [1.807, 2.05) is 42.0 Å². The smallest absolute Gasteiger partial charge is 0.241 e. The van der Waals surface area contributed by atoms with E-state index >= 15 is 0 Å². The Morgan fingerprint density at radius 1 is 1.12 bits per heavy atom. The zero-order chi connectivity index (χ0) is 17.2. The summed E-state index contributed by atoms with van der Waals surface area (Å²) in [6, 6.07) is 15.3. The first-order chi connectivity index (χ1) is 11.5. The molecule has 5 heteroatoms. The highest BCUT2D eigenvalue weighted by atomic mass is 32.2. The SMILES string of the molecule is CNS(=O)(=O)c1ccc(C)cc1C#CCn1ccc2ccccc21. The zero-order valence-electron chi connectivity index (χ0n) is 13.6. The maximum absolute atomic E-state index is 12.1. The molecule has 0 bridgehead atoms. The van der Waals surface area contributed by atoms with Gasteiger partial charge in [-0.05, 0) is 49.2 Å². The predicted molar refractivity (Wildman–Crippen MR) is 96.2 cm³/mol. The Labute approximate surface area is 142 Å². The number of benzene rings is 2. The summed E-state index contributed by atoms with van der Waals surface area (Å²) in [4.78, 5) is 0.209. The van der Waals surface area contributed by atoms with Gasteiger partial charge in [0, 0.05) is 17.3 Å². The summed E-state index contributed by atoms with van der Waals surface area (Å²) in [7, 11) is -2.12. The molecule has 4 nitrogen and oxygen atoms in total. The minimum Gasteiger partial charge on any atom is -0.336 e. The predicted octanol–water partition coefficient (Wildman–Crippen LogP) is 2.91. The molecule has 0 saturated carbocycles. The maximum atomic E-state index is 12.1. The van der Waals surface area contributed by atoms with Gasteiger partial charge in [-0.2, -0.15) is 0 Å². The summed E-state index contributed by atoms with van der Waals surface area (Å²) in [5.41, 5.74) is 2.60. The Morgan fingerprint density at radius 3 is 2.71 bits per heavy atom. The average molecular weight is 338 g/mol. The summed E-state index contributed by atoms with van der Waals surface area (Å²) in [6.45, 7) is 2.42. The molecule has 0 aliphatic rings. The molecule has 0 amide bonds. The Kier molecular flexibility index (Phi) is 4.43. The Bertz CT molecular complexity index is 1050. The lowest BCUT2D eigenvalue weighted by Gasteiger charge is -2.06. The van der Waals surface area contributed by atoms with E-state index in [0.29, 0.717) is 12.1 Å². The van der Waals surface area contributed by atoms with Gasteiger partial charge in [0.15, 0.2) is 0 Å². The molecule has 0 unspecified atom stereocenters. The van der Waals surface area contributed by atoms with E-state index in [-0.39, 0.29) is 4.90 Å². The number of sulfonamides is 1. The van der Waals surface area contributed by atoms with E-state index in [1.165, 1.54) is 7.05 Å². The average Bonchev–Trinajstić information content (AvgIpc) is 2.98. The van der Waals surface area contributed by atoms with Crippen LogP contribution in [-0.2, 0) is 16.6 Å². The van der Waals surface area contributed by atoms with Crippen LogP contribution in [0.2, 0.25) is 0 Å². The summed E-state index contributed by atoms with van der Waals surface area (Å²) >= 11 is 0. The molecule has 0 radical (unpaired) electrons. The van der Waals surface area contributed by atoms with Gasteiger partial charge in [-0.3, -0.25) is 0 Å². The number of nitrogens with zero attached hydrogens (tertiary/aromatic N) is 1. The minimum absolute atomic E-state index is 0.209. The van der Waals surface area contributed by atoms with Crippen molar-refractivity contribution < 1.29 is 8.42 Å². The molecule has 24 heavy (non-hydrogen) atoms. The van der Waals surface area contributed by atoms with Crippen LogP contribution in [-0.4, -0.2) is 20.0 Å². The van der Waals surface area contributed by atoms with Gasteiger partial charge in [-0.25, -0.2) is 13.1 Å². The van der Waals surface area contributed by atoms with Crippen LogP contribution in [0.1, 0.15) is 11.1 Å². The van der Waals surface area contributed by atoms with Crippen molar-refractivity contribution in [3.63, 3.8) is 0 Å². The van der Waals surface area contributed by atoms with Gasteiger partial charge in [0.05, 0.1) is 11.4 Å². The molecule has 122 valence electrons. The van der Waals surface area contributed by atoms with E-state index in [0.717, 1.165) is 16.5 Å². The number of fused-ring (bicyclic) bond motifs is 1. The van der Waals surface area contributed by atoms with Gasteiger partial charge < -0.3 is 4.57 Å². The van der Waals surface area contributed by atoms with Gasteiger partial charge in [0.1, 0.15) is 0 Å². The van der Waals surface area contributed by atoms with E-state index < -0.39 is 10.0 Å². The van der Waals surface area contributed by atoms with Crippen molar-refractivity contribution in [2.75, 3.05) is 7.05 Å². The molecular weight excluding hydrogens is 320 g/mol. The first-order valence-electron chi connectivity index (χ1n) is 7.58. The van der Waals surface area contributed by atoms with Crippen LogP contribution in [0.4, 0.5) is 0 Å². The second kappa shape index (κ2) is 6.52. The standard InChI is InChI=1S/C19H18N2O2S/c1-15-9-10-19(24(22,23)20-2)17(14-15)7-5-12-21-13-11-16-6-3-4-8-18(16)21/h3-4,6,8-11,13-14,20H,12H2,1-2H3. The van der Waals surface area contributed by atoms with E-state index in [2.05, 4.69) is 22.6 Å². The number of aromatic nitrogens is 1. The molecule has 0 atom stereocenters. The van der Waals surface area contributed by atoms with Crippen molar-refractivity contribution in [2.24, 2.45) is 0 Å². The van der Waals surface area contributed by atoms with E-state index in [4.69, 9.17) is 0 Å². The van der Waals surface area contributed by atoms with Crippen molar-refractivity contribution in [1.29, 1.82) is 0 Å². The van der Waals surface area contributed by atoms with Crippen molar-refractivity contribution in [3.05, 3.63) is 65.9 Å². The van der Waals surface area contributed by atoms with Crippen LogP contribution in [0.15, 0.2) is 59.6 Å². The topological polar surface area (TPSA) is 51.1 Å². The Hall–Kier alpha value is -2.55. The Balaban J connectivity index is 1.95. The highest BCUT2D eigenvalue weighted by molar-refractivity contribution is 7.89. The number of rotatable bonds is 3. The van der Waals surface area contributed by atoms with Gasteiger partial charge in [0.2, 0.25) is 10.0 Å². The largest absolute Gasteiger partial charge is 0.336 e. The van der Waals surface area contributed by atoms with Crippen molar-refractivity contribution in [1.82, 2.24) is 9.29 Å². The molecule has 0 fully saturated rings. The summed E-state index contributed by atoms with van der Waals surface area (Å²) in [5.74, 6) is 6.09. The molecule has 0 saturated heterocycles. The fourth-order valence-electron chi connectivity index (χ4n) is 2.58. The van der Waals surface area contributed by atoms with Crippen molar-refractivity contribution >= 4 is 20.9 Å². The quantitative estimate of drug-likeness (QED) is 0.747. The number of aryl methyl sites for hydroxylation is 1. The number of hydrogen-bond donors (Lipinski definition) is 1. The van der Waals surface area contributed by atoms with Crippen LogP contribution >= 0.6 is 0 Å². The molecule has 1 aromatic heterocycles. The molecule has 1 heterocycles. The van der Waals surface area contributed by atoms with Crippen molar-refractivity contribution in [3.8, 4) is 11.8 Å². The van der Waals surface area contributed by atoms with Crippen LogP contribution in [0.5, 0.6) is 0 Å². The zero-order valence-corrected chi connectivity index (χ0v) is 14.4. The number of hydrogen-bond acceptors (Lipinski definition) is 2. The monoisotopic (exact) mass is 338 g/mol. The molecule has 0 aliphatic heterocycles. The van der Waals surface area contributed by atoms with E-state index in [9.17, 15) is 8.42 Å². The number of nitrogens with one attached hydrogen (secondary N) is 1. The fraction of sp³-hybridized carbons (Fsp3) is 0.158. The molecule has 1 N–H and O–H groups in total.